The Hall–Kier alpha value is -3.32. The van der Waals surface area contributed by atoms with Crippen molar-refractivity contribution < 1.29 is 65.7 Å². The van der Waals surface area contributed by atoms with Crippen molar-refractivity contribution in [2.75, 3.05) is 52.4 Å². The molecule has 16 nitrogen and oxygen atoms in total. The number of amides is 2. The van der Waals surface area contributed by atoms with Crippen LogP contribution in [0.2, 0.25) is 0 Å². The summed E-state index contributed by atoms with van der Waals surface area (Å²) in [6.45, 7) is -1.26. The van der Waals surface area contributed by atoms with Crippen LogP contribution in [0.1, 0.15) is 11.1 Å². The molecule has 0 bridgehead atoms. The number of primary sulfonamides is 2. The van der Waals surface area contributed by atoms with Crippen molar-refractivity contribution in [2.45, 2.75) is 22.6 Å². The molecule has 2 amide bonds. The molecule has 0 unspecified atom stereocenters. The van der Waals surface area contributed by atoms with Gasteiger partial charge in [0.15, 0.2) is 0 Å². The standard InChI is InChI=1S/C26H36N6O10S2.Zn/c27-43(39,40)21-5-1-19(2-6-21)9-11-29-23(33)15-31(17-25(35)36)13-14-32(18-26(37)38)16-24(34)30-12-10-20-3-7-22(8-4-20)44(28,41)42;/h1-8H,9-18H2,(H,29,33)(H,30,34)(H,35,36)(H,37,38)(H2,27,39,40)(H2,28,41,42);. The van der Waals surface area contributed by atoms with Gasteiger partial charge in [-0.2, -0.15) is 0 Å². The molecule has 0 aliphatic rings. The van der Waals surface area contributed by atoms with Crippen LogP contribution >= 0.6 is 0 Å². The van der Waals surface area contributed by atoms with E-state index in [0.29, 0.717) is 12.8 Å². The number of rotatable bonds is 19. The van der Waals surface area contributed by atoms with E-state index < -0.39 is 56.9 Å². The van der Waals surface area contributed by atoms with Crippen molar-refractivity contribution in [2.24, 2.45) is 10.3 Å². The second-order valence-corrected chi connectivity index (χ2v) is 12.9. The topological polar surface area (TPSA) is 260 Å². The number of nitrogens with one attached hydrogen (secondary N) is 2. The maximum absolute atomic E-state index is 12.5. The van der Waals surface area contributed by atoms with E-state index in [1.807, 2.05) is 0 Å². The maximum atomic E-state index is 12.5. The first-order valence-electron chi connectivity index (χ1n) is 13.2. The first-order chi connectivity index (χ1) is 20.5. The average molecular weight is 722 g/mol. The Bertz CT molecular complexity index is 1410. The molecular weight excluding hydrogens is 686 g/mol. The van der Waals surface area contributed by atoms with Gasteiger partial charge in [-0.25, -0.2) is 27.1 Å². The van der Waals surface area contributed by atoms with Gasteiger partial charge in [0.05, 0.1) is 36.0 Å². The van der Waals surface area contributed by atoms with Crippen molar-refractivity contribution >= 4 is 43.8 Å². The molecule has 0 heterocycles. The van der Waals surface area contributed by atoms with Crippen molar-refractivity contribution in [3.63, 3.8) is 0 Å². The number of carboxylic acid groups (broad SMARTS) is 2. The molecule has 2 aromatic rings. The van der Waals surface area contributed by atoms with E-state index >= 15 is 0 Å². The summed E-state index contributed by atoms with van der Waals surface area (Å²) >= 11 is 0. The number of sulfonamides is 2. The normalized spacial score (nSPS) is 11.6. The second-order valence-electron chi connectivity index (χ2n) is 9.79. The number of hydrogen-bond acceptors (Lipinski definition) is 10. The summed E-state index contributed by atoms with van der Waals surface area (Å²) in [7, 11) is -7.64. The van der Waals surface area contributed by atoms with Gasteiger partial charge in [-0.15, -0.1) is 0 Å². The summed E-state index contributed by atoms with van der Waals surface area (Å²) in [5.74, 6) is -3.36. The molecule has 0 atom stereocenters. The molecule has 45 heavy (non-hydrogen) atoms. The number of nitrogens with zero attached hydrogens (tertiary/aromatic N) is 2. The molecule has 0 aliphatic carbocycles. The van der Waals surface area contributed by atoms with Gasteiger partial charge < -0.3 is 20.8 Å². The minimum Gasteiger partial charge on any atom is -0.480 e. The molecule has 0 saturated carbocycles. The Labute approximate surface area is 274 Å². The molecule has 0 saturated heterocycles. The minimum absolute atomic E-state index is 0. The number of benzene rings is 2. The van der Waals surface area contributed by atoms with Gasteiger partial charge in [-0.3, -0.25) is 29.0 Å². The Morgan fingerprint density at radius 3 is 1.18 bits per heavy atom. The second kappa shape index (κ2) is 18.6. The number of nitrogens with two attached hydrogens (primary N) is 2. The van der Waals surface area contributed by atoms with Gasteiger partial charge in [0.1, 0.15) is 0 Å². The van der Waals surface area contributed by atoms with Crippen LogP contribution in [-0.2, 0) is 71.5 Å². The maximum Gasteiger partial charge on any atom is 0.317 e. The zero-order valence-electron chi connectivity index (χ0n) is 24.4. The van der Waals surface area contributed by atoms with E-state index in [9.17, 15) is 46.2 Å². The van der Waals surface area contributed by atoms with Gasteiger partial charge in [0.2, 0.25) is 31.9 Å². The summed E-state index contributed by atoms with van der Waals surface area (Å²) in [5, 5.41) is 34.0. The third kappa shape index (κ3) is 16.0. The van der Waals surface area contributed by atoms with Crippen LogP contribution in [0.5, 0.6) is 0 Å². The molecule has 0 aromatic heterocycles. The van der Waals surface area contributed by atoms with Crippen molar-refractivity contribution in [3.8, 4) is 0 Å². The molecule has 0 radical (unpaired) electrons. The van der Waals surface area contributed by atoms with Crippen LogP contribution in [0.3, 0.4) is 0 Å². The van der Waals surface area contributed by atoms with Gasteiger partial charge in [0.25, 0.3) is 0 Å². The quantitative estimate of drug-likeness (QED) is 0.0843. The van der Waals surface area contributed by atoms with Crippen LogP contribution in [-0.4, -0.2) is 113 Å². The van der Waals surface area contributed by atoms with E-state index in [4.69, 9.17) is 10.3 Å². The fourth-order valence-electron chi connectivity index (χ4n) is 4.00. The molecule has 19 heteroatoms. The average Bonchev–Trinajstić information content (AvgIpc) is 2.90. The fraction of sp³-hybridized carbons (Fsp3) is 0.385. The zero-order valence-corrected chi connectivity index (χ0v) is 29.0. The van der Waals surface area contributed by atoms with Gasteiger partial charge >= 0.3 is 11.9 Å². The van der Waals surface area contributed by atoms with Gasteiger partial charge in [-0.05, 0) is 48.2 Å². The van der Waals surface area contributed by atoms with Gasteiger partial charge in [-0.1, -0.05) is 24.3 Å². The number of carboxylic acids is 2. The van der Waals surface area contributed by atoms with Crippen LogP contribution < -0.4 is 20.9 Å². The molecule has 244 valence electrons. The van der Waals surface area contributed by atoms with E-state index in [0.717, 1.165) is 11.1 Å². The largest absolute Gasteiger partial charge is 0.480 e. The molecule has 0 fully saturated rings. The summed E-state index contributed by atoms with van der Waals surface area (Å²) in [6.07, 6.45) is 0.746. The smallest absolute Gasteiger partial charge is 0.317 e. The predicted molar refractivity (Wildman–Crippen MR) is 157 cm³/mol. The predicted octanol–water partition coefficient (Wildman–Crippen LogP) is -2.23. The number of hydrogen-bond donors (Lipinski definition) is 6. The zero-order chi connectivity index (χ0) is 32.9. The summed E-state index contributed by atoms with van der Waals surface area (Å²) in [6, 6.07) is 11.6. The van der Waals surface area contributed by atoms with Crippen LogP contribution in [0.15, 0.2) is 58.3 Å². The van der Waals surface area contributed by atoms with Crippen molar-refractivity contribution in [1.82, 2.24) is 20.4 Å². The first kappa shape index (κ1) is 39.7. The monoisotopic (exact) mass is 720 g/mol. The first-order valence-corrected chi connectivity index (χ1v) is 16.3. The Morgan fingerprint density at radius 2 is 0.911 bits per heavy atom. The third-order valence-electron chi connectivity index (χ3n) is 6.16. The third-order valence-corrected chi connectivity index (χ3v) is 8.02. The number of carbonyl (C=O) groups excluding carboxylic acids is 2. The summed E-state index contributed by atoms with van der Waals surface area (Å²) < 4.78 is 45.4. The molecule has 2 aromatic carbocycles. The van der Waals surface area contributed by atoms with Crippen molar-refractivity contribution in [1.29, 1.82) is 0 Å². The van der Waals surface area contributed by atoms with E-state index in [1.165, 1.54) is 34.1 Å². The molecule has 0 aliphatic heterocycles. The van der Waals surface area contributed by atoms with E-state index in [1.54, 1.807) is 24.3 Å². The van der Waals surface area contributed by atoms with Crippen LogP contribution in [0, 0.1) is 0 Å². The Kier molecular flexibility index (Phi) is 16.4. The molecular formula is C26H36N6O10S2Zn. The minimum atomic E-state index is -3.82. The number of carbonyl (C=O) groups is 4. The summed E-state index contributed by atoms with van der Waals surface area (Å²) in [4.78, 5) is 50.2. The Morgan fingerprint density at radius 1 is 0.600 bits per heavy atom. The van der Waals surface area contributed by atoms with Crippen LogP contribution in [0.25, 0.3) is 0 Å². The molecule has 8 N–H and O–H groups in total. The van der Waals surface area contributed by atoms with Crippen LogP contribution in [0.4, 0.5) is 0 Å². The Balaban J connectivity index is 0.0000101. The van der Waals surface area contributed by atoms with Crippen molar-refractivity contribution in [3.05, 3.63) is 59.7 Å². The SMILES string of the molecule is NS(=O)(=O)c1ccc(CCNC(=O)CN(CCN(CC(=O)O)CC(=O)NCCc2ccc(S(N)(=O)=O)cc2)CC(=O)O)cc1.[Zn]. The summed E-state index contributed by atoms with van der Waals surface area (Å²) in [5.41, 5.74) is 1.48. The number of aliphatic carboxylic acids is 2. The van der Waals surface area contributed by atoms with Gasteiger partial charge in [0, 0.05) is 45.7 Å². The molecule has 2 rings (SSSR count). The van der Waals surface area contributed by atoms with E-state index in [2.05, 4.69) is 10.6 Å². The fourth-order valence-corrected chi connectivity index (χ4v) is 5.03. The van der Waals surface area contributed by atoms with E-state index in [-0.39, 0.29) is 68.5 Å². The molecule has 0 spiro atoms.